The van der Waals surface area contributed by atoms with Crippen molar-refractivity contribution in [2.75, 3.05) is 33.3 Å². The van der Waals surface area contributed by atoms with Crippen molar-refractivity contribution in [3.8, 4) is 17.0 Å². The van der Waals surface area contributed by atoms with E-state index in [1.54, 1.807) is 29.9 Å². The van der Waals surface area contributed by atoms with Gasteiger partial charge in [0.2, 0.25) is 0 Å². The van der Waals surface area contributed by atoms with Crippen molar-refractivity contribution in [2.24, 2.45) is 0 Å². The second-order valence-corrected chi connectivity index (χ2v) is 7.60. The Hall–Kier alpha value is -3.61. The molecule has 3 aromatic rings. The molecule has 1 saturated heterocycles. The van der Waals surface area contributed by atoms with Gasteiger partial charge in [-0.05, 0) is 31.5 Å². The normalized spacial score (nSPS) is 13.9. The molecule has 0 saturated carbocycles. The van der Waals surface area contributed by atoms with Gasteiger partial charge in [-0.3, -0.25) is 9.59 Å². The molecular formula is C24H25N3O4. The van der Waals surface area contributed by atoms with Crippen molar-refractivity contribution in [3.05, 3.63) is 71.0 Å². The Kier molecular flexibility index (Phi) is 5.75. The van der Waals surface area contributed by atoms with Gasteiger partial charge in [-0.1, -0.05) is 41.6 Å². The summed E-state index contributed by atoms with van der Waals surface area (Å²) in [6, 6.07) is 15.0. The Morgan fingerprint density at radius 3 is 2.23 bits per heavy atom. The van der Waals surface area contributed by atoms with Gasteiger partial charge in [0.25, 0.3) is 11.8 Å². The summed E-state index contributed by atoms with van der Waals surface area (Å²) in [5.74, 6) is 1.00. The molecule has 0 bridgehead atoms. The fourth-order valence-electron chi connectivity index (χ4n) is 3.82. The van der Waals surface area contributed by atoms with Crippen molar-refractivity contribution >= 4 is 11.8 Å². The zero-order valence-electron chi connectivity index (χ0n) is 17.9. The number of piperazine rings is 1. The van der Waals surface area contributed by atoms with Crippen LogP contribution in [-0.4, -0.2) is 60.1 Å². The highest BCUT2D eigenvalue weighted by Crippen LogP contribution is 2.27. The largest absolute Gasteiger partial charge is 0.496 e. The monoisotopic (exact) mass is 419 g/mol. The first-order valence-electron chi connectivity index (χ1n) is 10.2. The van der Waals surface area contributed by atoms with Crippen LogP contribution in [0.3, 0.4) is 0 Å². The van der Waals surface area contributed by atoms with Gasteiger partial charge in [0.15, 0.2) is 0 Å². The van der Waals surface area contributed by atoms with Crippen LogP contribution in [0.2, 0.25) is 0 Å². The number of aryl methyl sites for hydroxylation is 2. The Balaban J connectivity index is 1.47. The van der Waals surface area contributed by atoms with E-state index in [0.717, 1.165) is 11.1 Å². The smallest absolute Gasteiger partial charge is 0.259 e. The lowest BCUT2D eigenvalue weighted by Gasteiger charge is -2.35. The number of amides is 2. The summed E-state index contributed by atoms with van der Waals surface area (Å²) in [7, 11) is 1.59. The van der Waals surface area contributed by atoms with E-state index in [-0.39, 0.29) is 11.8 Å². The number of benzene rings is 2. The van der Waals surface area contributed by atoms with Gasteiger partial charge in [-0.25, -0.2) is 0 Å². The molecule has 7 nitrogen and oxygen atoms in total. The predicted octanol–water partition coefficient (Wildman–Crippen LogP) is 3.57. The fraction of sp³-hybridized carbons (Fsp3) is 0.292. The third-order valence-corrected chi connectivity index (χ3v) is 5.63. The molecule has 4 rings (SSSR count). The number of hydrogen-bond acceptors (Lipinski definition) is 5. The SMILES string of the molecule is COc1cc(C(=O)N2CCN(C(=O)c3c(-c4ccccc4)noc3C)CC2)ccc1C. The predicted molar refractivity (Wildman–Crippen MR) is 116 cm³/mol. The molecule has 1 aliphatic heterocycles. The minimum atomic E-state index is -0.123. The molecular weight excluding hydrogens is 394 g/mol. The van der Waals surface area contributed by atoms with Gasteiger partial charge in [0.05, 0.1) is 7.11 Å². The molecule has 1 aromatic heterocycles. The van der Waals surface area contributed by atoms with Gasteiger partial charge in [-0.2, -0.15) is 0 Å². The number of aromatic nitrogens is 1. The quantitative estimate of drug-likeness (QED) is 0.646. The van der Waals surface area contributed by atoms with Gasteiger partial charge in [0, 0.05) is 37.3 Å². The van der Waals surface area contributed by atoms with E-state index in [9.17, 15) is 9.59 Å². The molecule has 1 aliphatic rings. The number of rotatable bonds is 4. The number of methoxy groups -OCH3 is 1. The molecule has 2 amide bonds. The topological polar surface area (TPSA) is 75.9 Å². The minimum Gasteiger partial charge on any atom is -0.496 e. The van der Waals surface area contributed by atoms with E-state index in [1.165, 1.54) is 0 Å². The van der Waals surface area contributed by atoms with E-state index in [1.807, 2.05) is 49.4 Å². The zero-order valence-corrected chi connectivity index (χ0v) is 17.9. The van der Waals surface area contributed by atoms with Crippen LogP contribution < -0.4 is 4.74 Å². The highest BCUT2D eigenvalue weighted by molar-refractivity contribution is 6.01. The van der Waals surface area contributed by atoms with Crippen LogP contribution >= 0.6 is 0 Å². The molecule has 160 valence electrons. The summed E-state index contributed by atoms with van der Waals surface area (Å²) in [5.41, 5.74) is 3.43. The van der Waals surface area contributed by atoms with E-state index in [4.69, 9.17) is 9.26 Å². The van der Waals surface area contributed by atoms with Crippen LogP contribution in [0.25, 0.3) is 11.3 Å². The number of ether oxygens (including phenoxy) is 1. The highest BCUT2D eigenvalue weighted by atomic mass is 16.5. The average Bonchev–Trinajstić information content (AvgIpc) is 3.20. The Labute approximate surface area is 181 Å². The van der Waals surface area contributed by atoms with Crippen LogP contribution in [0.5, 0.6) is 5.75 Å². The van der Waals surface area contributed by atoms with Gasteiger partial charge in [0.1, 0.15) is 22.8 Å². The van der Waals surface area contributed by atoms with E-state index >= 15 is 0 Å². The molecule has 0 unspecified atom stereocenters. The summed E-state index contributed by atoms with van der Waals surface area (Å²) >= 11 is 0. The zero-order chi connectivity index (χ0) is 22.0. The Morgan fingerprint density at radius 1 is 0.935 bits per heavy atom. The number of carbonyl (C=O) groups is 2. The summed E-state index contributed by atoms with van der Waals surface area (Å²) in [6.45, 7) is 5.52. The number of carbonyl (C=O) groups excluding carboxylic acids is 2. The van der Waals surface area contributed by atoms with Crippen molar-refractivity contribution in [1.82, 2.24) is 15.0 Å². The van der Waals surface area contributed by atoms with E-state index < -0.39 is 0 Å². The first-order chi connectivity index (χ1) is 15.0. The second kappa shape index (κ2) is 8.63. The standard InChI is InChI=1S/C24H25N3O4/c1-16-9-10-19(15-20(16)30-3)23(28)26-11-13-27(14-12-26)24(29)21-17(2)31-25-22(21)18-7-5-4-6-8-18/h4-10,15H,11-14H2,1-3H3. The molecule has 31 heavy (non-hydrogen) atoms. The van der Waals surface area contributed by atoms with E-state index in [2.05, 4.69) is 5.16 Å². The molecule has 0 spiro atoms. The van der Waals surface area contributed by atoms with Crippen molar-refractivity contribution in [3.63, 3.8) is 0 Å². The average molecular weight is 419 g/mol. The summed E-state index contributed by atoms with van der Waals surface area (Å²) in [4.78, 5) is 29.7. The van der Waals surface area contributed by atoms with Crippen molar-refractivity contribution in [1.29, 1.82) is 0 Å². The summed E-state index contributed by atoms with van der Waals surface area (Å²) in [6.07, 6.45) is 0. The third-order valence-electron chi connectivity index (χ3n) is 5.63. The van der Waals surface area contributed by atoms with Crippen molar-refractivity contribution in [2.45, 2.75) is 13.8 Å². The molecule has 1 fully saturated rings. The van der Waals surface area contributed by atoms with Crippen LogP contribution in [-0.2, 0) is 0 Å². The first-order valence-corrected chi connectivity index (χ1v) is 10.2. The van der Waals surface area contributed by atoms with Crippen LogP contribution in [0.4, 0.5) is 0 Å². The van der Waals surface area contributed by atoms with Gasteiger partial charge in [-0.15, -0.1) is 0 Å². The lowest BCUT2D eigenvalue weighted by molar-refractivity contribution is 0.0534. The maximum Gasteiger partial charge on any atom is 0.259 e. The maximum absolute atomic E-state index is 13.2. The Bertz CT molecular complexity index is 1100. The minimum absolute atomic E-state index is 0.0588. The maximum atomic E-state index is 13.2. The van der Waals surface area contributed by atoms with Crippen molar-refractivity contribution < 1.29 is 18.8 Å². The first kappa shape index (κ1) is 20.7. The Morgan fingerprint density at radius 2 is 1.58 bits per heavy atom. The van der Waals surface area contributed by atoms with Crippen LogP contribution in [0.1, 0.15) is 32.0 Å². The third kappa shape index (κ3) is 4.03. The van der Waals surface area contributed by atoms with Gasteiger partial charge < -0.3 is 19.1 Å². The van der Waals surface area contributed by atoms with Gasteiger partial charge >= 0.3 is 0 Å². The van der Waals surface area contributed by atoms with Crippen LogP contribution in [0, 0.1) is 13.8 Å². The molecule has 0 N–H and O–H groups in total. The lowest BCUT2D eigenvalue weighted by atomic mass is 10.0. The lowest BCUT2D eigenvalue weighted by Crippen LogP contribution is -2.50. The molecule has 0 aliphatic carbocycles. The molecule has 0 atom stereocenters. The molecule has 2 aromatic carbocycles. The van der Waals surface area contributed by atoms with Crippen LogP contribution in [0.15, 0.2) is 53.1 Å². The molecule has 2 heterocycles. The molecule has 0 radical (unpaired) electrons. The number of nitrogens with zero attached hydrogens (tertiary/aromatic N) is 3. The highest BCUT2D eigenvalue weighted by Gasteiger charge is 2.30. The summed E-state index contributed by atoms with van der Waals surface area (Å²) < 4.78 is 10.7. The summed E-state index contributed by atoms with van der Waals surface area (Å²) in [5, 5.41) is 4.11. The second-order valence-electron chi connectivity index (χ2n) is 7.60. The molecule has 7 heteroatoms. The number of hydrogen-bond donors (Lipinski definition) is 0. The fourth-order valence-corrected chi connectivity index (χ4v) is 3.82. The van der Waals surface area contributed by atoms with E-state index in [0.29, 0.717) is 54.5 Å².